The number of hydrogen-bond donors (Lipinski definition) is 2. The highest BCUT2D eigenvalue weighted by Gasteiger charge is 2.05. The van der Waals surface area contributed by atoms with Gasteiger partial charge in [-0.15, -0.1) is 0 Å². The fourth-order valence-electron chi connectivity index (χ4n) is 2.79. The third kappa shape index (κ3) is 7.33. The Labute approximate surface area is 190 Å². The molecule has 0 spiro atoms. The minimum Gasteiger partial charge on any atom is -0.493 e. The second-order valence-corrected chi connectivity index (χ2v) is 7.15. The van der Waals surface area contributed by atoms with Crippen molar-refractivity contribution in [3.8, 4) is 5.75 Å². The Morgan fingerprint density at radius 2 is 1.78 bits per heavy atom. The molecule has 0 saturated carbocycles. The van der Waals surface area contributed by atoms with Gasteiger partial charge < -0.3 is 10.1 Å². The number of rotatable bonds is 8. The monoisotopic (exact) mass is 447 g/mol. The molecule has 3 rings (SSSR count). The number of nitrogens with one attached hydrogen (secondary N) is 2. The SMILES string of the molecule is O=C(/C=C/c1ccc([N+](=O)[O-])cc1)NC(=S)Nc1cccc(OCCc2ccccc2)c1. The Hall–Kier alpha value is -4.04. The van der Waals surface area contributed by atoms with Crippen LogP contribution in [-0.2, 0) is 11.2 Å². The van der Waals surface area contributed by atoms with E-state index in [4.69, 9.17) is 17.0 Å². The molecule has 3 aromatic carbocycles. The van der Waals surface area contributed by atoms with E-state index in [0.717, 1.165) is 6.42 Å². The van der Waals surface area contributed by atoms with Gasteiger partial charge in [0.2, 0.25) is 5.91 Å². The third-order valence-electron chi connectivity index (χ3n) is 4.36. The maximum atomic E-state index is 12.1. The molecule has 0 unspecified atom stereocenters. The molecule has 32 heavy (non-hydrogen) atoms. The van der Waals surface area contributed by atoms with Crippen LogP contribution in [0.4, 0.5) is 11.4 Å². The van der Waals surface area contributed by atoms with Gasteiger partial charge in [0.15, 0.2) is 5.11 Å². The molecular weight excluding hydrogens is 426 g/mol. The summed E-state index contributed by atoms with van der Waals surface area (Å²) in [6.07, 6.45) is 3.65. The van der Waals surface area contributed by atoms with E-state index in [2.05, 4.69) is 22.8 Å². The van der Waals surface area contributed by atoms with Crippen LogP contribution in [-0.4, -0.2) is 22.5 Å². The molecule has 162 valence electrons. The lowest BCUT2D eigenvalue weighted by Gasteiger charge is -2.11. The lowest BCUT2D eigenvalue weighted by molar-refractivity contribution is -0.384. The number of nitro groups is 1. The topological polar surface area (TPSA) is 93.5 Å². The Bertz CT molecular complexity index is 1120. The first-order valence-corrected chi connectivity index (χ1v) is 10.2. The smallest absolute Gasteiger partial charge is 0.269 e. The molecule has 0 fully saturated rings. The number of carbonyl (C=O) groups excluding carboxylic acids is 1. The summed E-state index contributed by atoms with van der Waals surface area (Å²) in [7, 11) is 0. The lowest BCUT2D eigenvalue weighted by atomic mass is 10.2. The van der Waals surface area contributed by atoms with Gasteiger partial charge in [-0.1, -0.05) is 36.4 Å². The number of non-ortho nitro benzene ring substituents is 1. The quantitative estimate of drug-likeness (QED) is 0.224. The predicted molar refractivity (Wildman–Crippen MR) is 129 cm³/mol. The van der Waals surface area contributed by atoms with Gasteiger partial charge in [-0.3, -0.25) is 20.2 Å². The Kier molecular flexibility index (Phi) is 8.05. The Morgan fingerprint density at radius 3 is 2.50 bits per heavy atom. The highest BCUT2D eigenvalue weighted by Crippen LogP contribution is 2.18. The number of amides is 1. The van der Waals surface area contributed by atoms with Crippen LogP contribution in [0.1, 0.15) is 11.1 Å². The summed E-state index contributed by atoms with van der Waals surface area (Å²) in [5.74, 6) is 0.272. The molecule has 3 aromatic rings. The molecule has 2 N–H and O–H groups in total. The summed E-state index contributed by atoms with van der Waals surface area (Å²) in [4.78, 5) is 22.3. The van der Waals surface area contributed by atoms with Crippen molar-refractivity contribution in [3.63, 3.8) is 0 Å². The maximum Gasteiger partial charge on any atom is 0.269 e. The molecule has 0 saturated heterocycles. The van der Waals surface area contributed by atoms with Gasteiger partial charge in [0, 0.05) is 36.4 Å². The standard InChI is InChI=1S/C24H21N3O4S/c28-23(14-11-19-9-12-21(13-10-19)27(29)30)26-24(32)25-20-7-4-8-22(17-20)31-16-15-18-5-2-1-3-6-18/h1-14,17H,15-16H2,(H2,25,26,28,32)/b14-11+. The third-order valence-corrected chi connectivity index (χ3v) is 4.57. The second-order valence-electron chi connectivity index (χ2n) is 6.74. The molecule has 0 aromatic heterocycles. The number of carbonyl (C=O) groups is 1. The van der Waals surface area contributed by atoms with Crippen LogP contribution < -0.4 is 15.4 Å². The van der Waals surface area contributed by atoms with E-state index >= 15 is 0 Å². The van der Waals surface area contributed by atoms with Gasteiger partial charge in [-0.05, 0) is 53.7 Å². The summed E-state index contributed by atoms with van der Waals surface area (Å²) in [6.45, 7) is 0.544. The lowest BCUT2D eigenvalue weighted by Crippen LogP contribution is -2.32. The highest BCUT2D eigenvalue weighted by atomic mass is 32.1. The van der Waals surface area contributed by atoms with Crippen molar-refractivity contribution in [3.05, 3.63) is 106 Å². The van der Waals surface area contributed by atoms with Crippen molar-refractivity contribution < 1.29 is 14.5 Å². The summed E-state index contributed by atoms with van der Waals surface area (Å²) in [5, 5.41) is 16.3. The zero-order chi connectivity index (χ0) is 22.8. The minimum atomic E-state index is -0.479. The van der Waals surface area contributed by atoms with E-state index in [1.807, 2.05) is 36.4 Å². The maximum absolute atomic E-state index is 12.1. The Balaban J connectivity index is 1.47. The summed E-state index contributed by atoms with van der Waals surface area (Å²) in [6, 6.07) is 23.2. The van der Waals surface area contributed by atoms with Crippen LogP contribution in [0.25, 0.3) is 6.08 Å². The van der Waals surface area contributed by atoms with E-state index in [9.17, 15) is 14.9 Å². The van der Waals surface area contributed by atoms with Crippen molar-refractivity contribution in [2.75, 3.05) is 11.9 Å². The van der Waals surface area contributed by atoms with Gasteiger partial charge in [-0.2, -0.15) is 0 Å². The van der Waals surface area contributed by atoms with Gasteiger partial charge in [0.05, 0.1) is 11.5 Å². The van der Waals surface area contributed by atoms with Gasteiger partial charge in [0.1, 0.15) is 5.75 Å². The number of anilines is 1. The van der Waals surface area contributed by atoms with Crippen molar-refractivity contribution in [2.24, 2.45) is 0 Å². The first-order valence-electron chi connectivity index (χ1n) is 9.81. The number of nitro benzene ring substituents is 1. The van der Waals surface area contributed by atoms with Crippen molar-refractivity contribution >= 4 is 40.7 Å². The van der Waals surface area contributed by atoms with Crippen LogP contribution in [0.15, 0.2) is 84.9 Å². The van der Waals surface area contributed by atoms with Gasteiger partial charge in [0.25, 0.3) is 5.69 Å². The molecule has 0 aliphatic heterocycles. The molecule has 7 nitrogen and oxygen atoms in total. The van der Waals surface area contributed by atoms with Crippen LogP contribution in [0.5, 0.6) is 5.75 Å². The molecular formula is C24H21N3O4S. The number of benzene rings is 3. The number of hydrogen-bond acceptors (Lipinski definition) is 5. The fourth-order valence-corrected chi connectivity index (χ4v) is 3.01. The zero-order valence-electron chi connectivity index (χ0n) is 17.1. The van der Waals surface area contributed by atoms with Crippen LogP contribution in [0.3, 0.4) is 0 Å². The number of nitrogens with zero attached hydrogens (tertiary/aromatic N) is 1. The molecule has 1 amide bonds. The molecule has 8 heteroatoms. The first kappa shape index (κ1) is 22.6. The van der Waals surface area contributed by atoms with E-state index in [0.29, 0.717) is 23.6 Å². The van der Waals surface area contributed by atoms with Crippen molar-refractivity contribution in [2.45, 2.75) is 6.42 Å². The summed E-state index contributed by atoms with van der Waals surface area (Å²) >= 11 is 5.19. The van der Waals surface area contributed by atoms with E-state index in [1.165, 1.54) is 23.8 Å². The van der Waals surface area contributed by atoms with Crippen molar-refractivity contribution in [1.82, 2.24) is 5.32 Å². The predicted octanol–water partition coefficient (Wildman–Crippen LogP) is 4.74. The minimum absolute atomic E-state index is 0.0109. The summed E-state index contributed by atoms with van der Waals surface area (Å²) < 4.78 is 5.80. The summed E-state index contributed by atoms with van der Waals surface area (Å²) in [5.41, 5.74) is 2.53. The van der Waals surface area contributed by atoms with Crippen LogP contribution in [0.2, 0.25) is 0 Å². The first-order chi connectivity index (χ1) is 15.5. The molecule has 0 aliphatic rings. The van der Waals surface area contributed by atoms with Crippen molar-refractivity contribution in [1.29, 1.82) is 0 Å². The fraction of sp³-hybridized carbons (Fsp3) is 0.0833. The van der Waals surface area contributed by atoms with E-state index in [-0.39, 0.29) is 10.8 Å². The second kappa shape index (κ2) is 11.4. The molecule has 0 heterocycles. The Morgan fingerprint density at radius 1 is 1.03 bits per heavy atom. The van der Waals surface area contributed by atoms with Crippen LogP contribution in [0, 0.1) is 10.1 Å². The molecule has 0 bridgehead atoms. The van der Waals surface area contributed by atoms with Crippen LogP contribution >= 0.6 is 12.2 Å². The normalized spacial score (nSPS) is 10.5. The largest absolute Gasteiger partial charge is 0.493 e. The average Bonchev–Trinajstić information content (AvgIpc) is 2.79. The zero-order valence-corrected chi connectivity index (χ0v) is 17.9. The highest BCUT2D eigenvalue weighted by molar-refractivity contribution is 7.80. The number of thiocarbonyl (C=S) groups is 1. The van der Waals surface area contributed by atoms with Gasteiger partial charge >= 0.3 is 0 Å². The molecule has 0 radical (unpaired) electrons. The van der Waals surface area contributed by atoms with Gasteiger partial charge in [-0.25, -0.2) is 0 Å². The average molecular weight is 448 g/mol. The molecule has 0 aliphatic carbocycles. The van der Waals surface area contributed by atoms with E-state index < -0.39 is 10.8 Å². The van der Waals surface area contributed by atoms with E-state index in [1.54, 1.807) is 24.3 Å². The number of ether oxygens (including phenoxy) is 1. The molecule has 0 atom stereocenters.